The van der Waals surface area contributed by atoms with Gasteiger partial charge in [-0.2, -0.15) is 0 Å². The minimum Gasteiger partial charge on any atom is -0.481 e. The van der Waals surface area contributed by atoms with Crippen molar-refractivity contribution >= 4 is 17.3 Å². The molecule has 1 atom stereocenters. The molecule has 1 aliphatic rings. The number of hydrogen-bond donors (Lipinski definition) is 1. The fraction of sp³-hybridized carbons (Fsp3) is 0.636. The number of fused-ring (bicyclic) bond motifs is 1. The lowest BCUT2D eigenvalue weighted by Gasteiger charge is -2.16. The molecular weight excluding hydrogens is 210 g/mol. The van der Waals surface area contributed by atoms with Crippen molar-refractivity contribution in [3.8, 4) is 0 Å². The van der Waals surface area contributed by atoms with Crippen LogP contribution in [0.2, 0.25) is 0 Å². The molecule has 0 fully saturated rings. The summed E-state index contributed by atoms with van der Waals surface area (Å²) < 4.78 is 0. The van der Waals surface area contributed by atoms with E-state index < -0.39 is 5.97 Å². The van der Waals surface area contributed by atoms with Crippen LogP contribution >= 0.6 is 11.3 Å². The molecule has 3 nitrogen and oxygen atoms in total. The molecule has 0 radical (unpaired) electrons. The van der Waals surface area contributed by atoms with Crippen molar-refractivity contribution in [2.24, 2.45) is 5.92 Å². The number of carboxylic acids is 1. The molecule has 1 heterocycles. The van der Waals surface area contributed by atoms with Gasteiger partial charge >= 0.3 is 5.97 Å². The van der Waals surface area contributed by atoms with Crippen molar-refractivity contribution in [3.63, 3.8) is 0 Å². The zero-order valence-corrected chi connectivity index (χ0v) is 9.64. The summed E-state index contributed by atoms with van der Waals surface area (Å²) in [5.74, 6) is -0.849. The van der Waals surface area contributed by atoms with Crippen LogP contribution in [0, 0.1) is 5.92 Å². The Morgan fingerprint density at radius 3 is 3.13 bits per heavy atom. The molecular formula is C11H15NO2S. The van der Waals surface area contributed by atoms with Crippen molar-refractivity contribution in [2.75, 3.05) is 0 Å². The molecule has 0 aliphatic heterocycles. The minimum absolute atomic E-state index is 0.188. The van der Waals surface area contributed by atoms with Gasteiger partial charge in [-0.05, 0) is 32.1 Å². The highest BCUT2D eigenvalue weighted by Crippen LogP contribution is 2.30. The topological polar surface area (TPSA) is 50.2 Å². The highest BCUT2D eigenvalue weighted by molar-refractivity contribution is 7.11. The molecule has 0 saturated carbocycles. The number of aryl methyl sites for hydroxylation is 2. The Labute approximate surface area is 93.2 Å². The Balaban J connectivity index is 2.15. The summed E-state index contributed by atoms with van der Waals surface area (Å²) in [7, 11) is 0. The number of carboxylic acid groups (broad SMARTS) is 1. The predicted octanol–water partition coefficient (Wildman–Crippen LogP) is 2.29. The van der Waals surface area contributed by atoms with Crippen LogP contribution in [0.25, 0.3) is 0 Å². The standard InChI is InChI=1S/C11H15NO2S/c1-2-3-10-12-8-5-4-7(11(13)14)6-9(8)15-10/h7H,2-6H2,1H3,(H,13,14). The Morgan fingerprint density at radius 1 is 1.67 bits per heavy atom. The summed E-state index contributed by atoms with van der Waals surface area (Å²) in [6.07, 6.45) is 4.40. The van der Waals surface area contributed by atoms with Crippen LogP contribution < -0.4 is 0 Å². The third-order valence-corrected chi connectivity index (χ3v) is 3.98. The molecule has 15 heavy (non-hydrogen) atoms. The van der Waals surface area contributed by atoms with Gasteiger partial charge in [-0.3, -0.25) is 4.79 Å². The fourth-order valence-corrected chi connectivity index (χ4v) is 3.26. The Morgan fingerprint density at radius 2 is 2.47 bits per heavy atom. The summed E-state index contributed by atoms with van der Waals surface area (Å²) in [6, 6.07) is 0. The molecule has 82 valence electrons. The maximum atomic E-state index is 10.9. The van der Waals surface area contributed by atoms with E-state index >= 15 is 0 Å². The van der Waals surface area contributed by atoms with Gasteiger partial charge in [0.05, 0.1) is 16.6 Å². The summed E-state index contributed by atoms with van der Waals surface area (Å²) in [4.78, 5) is 16.6. The van der Waals surface area contributed by atoms with E-state index in [0.717, 1.165) is 31.4 Å². The highest BCUT2D eigenvalue weighted by Gasteiger charge is 2.26. The van der Waals surface area contributed by atoms with Gasteiger partial charge < -0.3 is 5.11 Å². The Kier molecular flexibility index (Phi) is 3.05. The third-order valence-electron chi connectivity index (χ3n) is 2.80. The molecule has 1 aromatic heterocycles. The first kappa shape index (κ1) is 10.6. The number of carbonyl (C=O) groups is 1. The molecule has 0 saturated heterocycles. The van der Waals surface area contributed by atoms with Gasteiger partial charge in [0.1, 0.15) is 0 Å². The van der Waals surface area contributed by atoms with Crippen molar-refractivity contribution < 1.29 is 9.90 Å². The van der Waals surface area contributed by atoms with E-state index in [1.54, 1.807) is 11.3 Å². The highest BCUT2D eigenvalue weighted by atomic mass is 32.1. The number of thiazole rings is 1. The van der Waals surface area contributed by atoms with Crippen LogP contribution in [0.4, 0.5) is 0 Å². The molecule has 1 aliphatic carbocycles. The molecule has 4 heteroatoms. The van der Waals surface area contributed by atoms with Crippen molar-refractivity contribution in [2.45, 2.75) is 39.0 Å². The van der Waals surface area contributed by atoms with Crippen molar-refractivity contribution in [1.29, 1.82) is 0 Å². The van der Waals surface area contributed by atoms with Gasteiger partial charge in [-0.25, -0.2) is 4.98 Å². The second kappa shape index (κ2) is 4.31. The van der Waals surface area contributed by atoms with E-state index in [2.05, 4.69) is 11.9 Å². The average Bonchev–Trinajstić information content (AvgIpc) is 2.59. The van der Waals surface area contributed by atoms with Gasteiger partial charge in [-0.15, -0.1) is 11.3 Å². The molecule has 0 amide bonds. The van der Waals surface area contributed by atoms with Crippen LogP contribution in [0.15, 0.2) is 0 Å². The first-order chi connectivity index (χ1) is 7.20. The average molecular weight is 225 g/mol. The number of hydrogen-bond acceptors (Lipinski definition) is 3. The van der Waals surface area contributed by atoms with Gasteiger partial charge in [-0.1, -0.05) is 6.92 Å². The van der Waals surface area contributed by atoms with E-state index in [1.165, 1.54) is 9.88 Å². The van der Waals surface area contributed by atoms with E-state index in [9.17, 15) is 4.79 Å². The first-order valence-corrected chi connectivity index (χ1v) is 6.22. The number of aliphatic carboxylic acids is 1. The van der Waals surface area contributed by atoms with Gasteiger partial charge in [0.25, 0.3) is 0 Å². The number of rotatable bonds is 3. The molecule has 0 spiro atoms. The second-order valence-electron chi connectivity index (χ2n) is 4.01. The van der Waals surface area contributed by atoms with Crippen molar-refractivity contribution in [3.05, 3.63) is 15.6 Å². The quantitative estimate of drug-likeness (QED) is 0.858. The van der Waals surface area contributed by atoms with Crippen LogP contribution in [-0.2, 0) is 24.1 Å². The minimum atomic E-state index is -0.661. The monoisotopic (exact) mass is 225 g/mol. The maximum absolute atomic E-state index is 10.9. The Hall–Kier alpha value is -0.900. The lowest BCUT2D eigenvalue weighted by molar-refractivity contribution is -0.142. The maximum Gasteiger partial charge on any atom is 0.306 e. The summed E-state index contributed by atoms with van der Waals surface area (Å²) in [5.41, 5.74) is 1.15. The zero-order chi connectivity index (χ0) is 10.8. The predicted molar refractivity (Wildman–Crippen MR) is 59.3 cm³/mol. The van der Waals surface area contributed by atoms with Crippen LogP contribution in [-0.4, -0.2) is 16.1 Å². The number of aromatic nitrogens is 1. The lowest BCUT2D eigenvalue weighted by Crippen LogP contribution is -2.21. The molecule has 1 N–H and O–H groups in total. The lowest BCUT2D eigenvalue weighted by atomic mass is 9.91. The SMILES string of the molecule is CCCc1nc2c(s1)CC(C(=O)O)CC2. The summed E-state index contributed by atoms with van der Waals surface area (Å²) in [6.45, 7) is 2.14. The van der Waals surface area contributed by atoms with E-state index in [-0.39, 0.29) is 5.92 Å². The molecule has 1 unspecified atom stereocenters. The van der Waals surface area contributed by atoms with Crippen LogP contribution in [0.3, 0.4) is 0 Å². The smallest absolute Gasteiger partial charge is 0.306 e. The Bertz CT molecular complexity index is 373. The zero-order valence-electron chi connectivity index (χ0n) is 8.82. The first-order valence-electron chi connectivity index (χ1n) is 5.41. The second-order valence-corrected chi connectivity index (χ2v) is 5.17. The summed E-state index contributed by atoms with van der Waals surface area (Å²) in [5, 5.41) is 10.1. The molecule has 2 rings (SSSR count). The van der Waals surface area contributed by atoms with Gasteiger partial charge in [0, 0.05) is 4.88 Å². The largest absolute Gasteiger partial charge is 0.481 e. The van der Waals surface area contributed by atoms with Crippen molar-refractivity contribution in [1.82, 2.24) is 4.98 Å². The molecule has 0 aromatic carbocycles. The molecule has 0 bridgehead atoms. The third kappa shape index (κ3) is 2.20. The van der Waals surface area contributed by atoms with Crippen LogP contribution in [0.5, 0.6) is 0 Å². The van der Waals surface area contributed by atoms with Crippen LogP contribution in [0.1, 0.15) is 35.3 Å². The number of nitrogens with zero attached hydrogens (tertiary/aromatic N) is 1. The summed E-state index contributed by atoms with van der Waals surface area (Å²) >= 11 is 1.71. The fourth-order valence-electron chi connectivity index (χ4n) is 1.96. The van der Waals surface area contributed by atoms with E-state index in [4.69, 9.17) is 5.11 Å². The van der Waals surface area contributed by atoms with E-state index in [1.807, 2.05) is 0 Å². The van der Waals surface area contributed by atoms with Gasteiger partial charge in [0.15, 0.2) is 0 Å². The normalized spacial score (nSPS) is 19.9. The molecule has 1 aromatic rings. The van der Waals surface area contributed by atoms with E-state index in [0.29, 0.717) is 6.42 Å². The van der Waals surface area contributed by atoms with Gasteiger partial charge in [0.2, 0.25) is 0 Å².